The van der Waals surface area contributed by atoms with E-state index in [1.54, 1.807) is 43.5 Å². The number of carbonyl (C=O) groups excluding carboxylic acids is 1. The van der Waals surface area contributed by atoms with Gasteiger partial charge in [0, 0.05) is 13.7 Å². The molecule has 20 heavy (non-hydrogen) atoms. The summed E-state index contributed by atoms with van der Waals surface area (Å²) in [6, 6.07) is 12.4. The van der Waals surface area contributed by atoms with Gasteiger partial charge in [-0.15, -0.1) is 0 Å². The Hall–Kier alpha value is -2.58. The Morgan fingerprint density at radius 1 is 1.30 bits per heavy atom. The van der Waals surface area contributed by atoms with Crippen LogP contribution in [0.15, 0.2) is 40.8 Å². The van der Waals surface area contributed by atoms with Gasteiger partial charge in [0.1, 0.15) is 12.4 Å². The molecule has 0 bridgehead atoms. The summed E-state index contributed by atoms with van der Waals surface area (Å²) in [5, 5.41) is 11.5. The molecule has 5 heteroatoms. The third-order valence-corrected chi connectivity index (χ3v) is 2.71. The summed E-state index contributed by atoms with van der Waals surface area (Å²) in [6.07, 6.45) is 0. The van der Waals surface area contributed by atoms with Gasteiger partial charge in [-0.25, -0.2) is 0 Å². The van der Waals surface area contributed by atoms with Crippen molar-refractivity contribution in [3.8, 4) is 6.07 Å². The lowest BCUT2D eigenvalue weighted by Crippen LogP contribution is -2.22. The zero-order valence-corrected chi connectivity index (χ0v) is 11.1. The zero-order chi connectivity index (χ0) is 14.4. The fourth-order valence-corrected chi connectivity index (χ4v) is 1.69. The highest BCUT2D eigenvalue weighted by molar-refractivity contribution is 5.91. The van der Waals surface area contributed by atoms with Crippen molar-refractivity contribution in [1.29, 1.82) is 5.26 Å². The minimum absolute atomic E-state index is 0.255. The van der Waals surface area contributed by atoms with Gasteiger partial charge in [0.05, 0.1) is 11.6 Å². The molecule has 2 aromatic rings. The van der Waals surface area contributed by atoms with Crippen molar-refractivity contribution < 1.29 is 13.9 Å². The fourth-order valence-electron chi connectivity index (χ4n) is 1.69. The molecule has 0 aliphatic rings. The van der Waals surface area contributed by atoms with Gasteiger partial charge in [0.2, 0.25) is 0 Å². The Morgan fingerprint density at radius 2 is 2.05 bits per heavy atom. The van der Waals surface area contributed by atoms with Crippen LogP contribution in [0.5, 0.6) is 0 Å². The Morgan fingerprint density at radius 3 is 2.70 bits per heavy atom. The van der Waals surface area contributed by atoms with Crippen molar-refractivity contribution in [1.82, 2.24) is 5.32 Å². The maximum absolute atomic E-state index is 11.9. The first-order valence-electron chi connectivity index (χ1n) is 6.08. The number of methoxy groups -OCH3 is 1. The molecule has 0 saturated carbocycles. The smallest absolute Gasteiger partial charge is 0.287 e. The van der Waals surface area contributed by atoms with Crippen LogP contribution in [0, 0.1) is 11.3 Å². The SMILES string of the molecule is COCc1ccc(C(=O)NCc2ccc(C#N)cc2)o1. The first-order valence-corrected chi connectivity index (χ1v) is 6.08. The second-order valence-corrected chi connectivity index (χ2v) is 4.19. The number of furan rings is 1. The Kier molecular flexibility index (Phi) is 4.53. The second kappa shape index (κ2) is 6.55. The number of hydrogen-bond acceptors (Lipinski definition) is 4. The summed E-state index contributed by atoms with van der Waals surface area (Å²) in [5.41, 5.74) is 1.51. The summed E-state index contributed by atoms with van der Waals surface area (Å²) < 4.78 is 10.3. The van der Waals surface area contributed by atoms with Gasteiger partial charge < -0.3 is 14.5 Å². The molecule has 2 rings (SSSR count). The molecule has 1 heterocycles. The monoisotopic (exact) mass is 270 g/mol. The third-order valence-electron chi connectivity index (χ3n) is 2.71. The van der Waals surface area contributed by atoms with Crippen LogP contribution in [0.25, 0.3) is 0 Å². The van der Waals surface area contributed by atoms with E-state index < -0.39 is 0 Å². The maximum atomic E-state index is 11.9. The van der Waals surface area contributed by atoms with Crippen LogP contribution >= 0.6 is 0 Å². The molecule has 5 nitrogen and oxygen atoms in total. The van der Waals surface area contributed by atoms with E-state index in [1.165, 1.54) is 0 Å². The maximum Gasteiger partial charge on any atom is 0.287 e. The number of carbonyl (C=O) groups is 1. The molecule has 1 amide bonds. The molecule has 102 valence electrons. The molecule has 0 spiro atoms. The molecule has 0 unspecified atom stereocenters. The number of nitrogens with one attached hydrogen (secondary N) is 1. The number of rotatable bonds is 5. The van der Waals surface area contributed by atoms with Gasteiger partial charge in [-0.3, -0.25) is 4.79 Å². The topological polar surface area (TPSA) is 75.3 Å². The molecular formula is C15H14N2O3. The third kappa shape index (κ3) is 3.46. The van der Waals surface area contributed by atoms with Crippen molar-refractivity contribution in [2.45, 2.75) is 13.2 Å². The number of amides is 1. The Labute approximate surface area is 116 Å². The molecule has 0 aliphatic heterocycles. The summed E-state index contributed by atoms with van der Waals surface area (Å²) in [7, 11) is 1.56. The molecule has 1 N–H and O–H groups in total. The summed E-state index contributed by atoms with van der Waals surface area (Å²) in [5.74, 6) is 0.582. The van der Waals surface area contributed by atoms with Gasteiger partial charge in [-0.05, 0) is 29.8 Å². The molecular weight excluding hydrogens is 256 g/mol. The quantitative estimate of drug-likeness (QED) is 0.904. The van der Waals surface area contributed by atoms with Crippen molar-refractivity contribution in [3.63, 3.8) is 0 Å². The standard InChI is InChI=1S/C15H14N2O3/c1-19-10-13-6-7-14(20-13)15(18)17-9-12-4-2-11(8-16)3-5-12/h2-7H,9-10H2,1H3,(H,17,18). The van der Waals surface area contributed by atoms with E-state index in [2.05, 4.69) is 5.32 Å². The van der Waals surface area contributed by atoms with Gasteiger partial charge in [-0.1, -0.05) is 12.1 Å². The summed E-state index contributed by atoms with van der Waals surface area (Å²) >= 11 is 0. The molecule has 0 saturated heterocycles. The van der Waals surface area contributed by atoms with Crippen molar-refractivity contribution in [2.24, 2.45) is 0 Å². The van der Waals surface area contributed by atoms with E-state index in [0.29, 0.717) is 24.5 Å². The van der Waals surface area contributed by atoms with Crippen LogP contribution in [0.1, 0.15) is 27.4 Å². The lowest BCUT2D eigenvalue weighted by Gasteiger charge is -2.03. The summed E-state index contributed by atoms with van der Waals surface area (Å²) in [6.45, 7) is 0.716. The highest BCUT2D eigenvalue weighted by atomic mass is 16.5. The van der Waals surface area contributed by atoms with Crippen molar-refractivity contribution in [2.75, 3.05) is 7.11 Å². The fraction of sp³-hybridized carbons (Fsp3) is 0.200. The minimum atomic E-state index is -0.281. The average Bonchev–Trinajstić information content (AvgIpc) is 2.94. The predicted octanol–water partition coefficient (Wildman–Crippen LogP) is 2.23. The number of benzene rings is 1. The van der Waals surface area contributed by atoms with Crippen molar-refractivity contribution in [3.05, 3.63) is 59.0 Å². The van der Waals surface area contributed by atoms with E-state index in [4.69, 9.17) is 14.4 Å². The second-order valence-electron chi connectivity index (χ2n) is 4.19. The van der Waals surface area contributed by atoms with Gasteiger partial charge in [0.25, 0.3) is 5.91 Å². The van der Waals surface area contributed by atoms with Crippen LogP contribution in [-0.2, 0) is 17.9 Å². The molecule has 0 radical (unpaired) electrons. The summed E-state index contributed by atoms with van der Waals surface area (Å²) in [4.78, 5) is 11.9. The van der Waals surface area contributed by atoms with Gasteiger partial charge in [-0.2, -0.15) is 5.26 Å². The average molecular weight is 270 g/mol. The van der Waals surface area contributed by atoms with E-state index in [0.717, 1.165) is 5.56 Å². The van der Waals surface area contributed by atoms with Crippen LogP contribution in [0.2, 0.25) is 0 Å². The largest absolute Gasteiger partial charge is 0.453 e. The first-order chi connectivity index (χ1) is 9.72. The lowest BCUT2D eigenvalue weighted by molar-refractivity contribution is 0.0914. The lowest BCUT2D eigenvalue weighted by atomic mass is 10.1. The predicted molar refractivity (Wildman–Crippen MR) is 71.7 cm³/mol. The van der Waals surface area contributed by atoms with Gasteiger partial charge in [0.15, 0.2) is 5.76 Å². The van der Waals surface area contributed by atoms with Crippen LogP contribution in [0.4, 0.5) is 0 Å². The van der Waals surface area contributed by atoms with E-state index >= 15 is 0 Å². The zero-order valence-electron chi connectivity index (χ0n) is 11.1. The number of ether oxygens (including phenoxy) is 1. The van der Waals surface area contributed by atoms with Gasteiger partial charge >= 0.3 is 0 Å². The van der Waals surface area contributed by atoms with Crippen LogP contribution in [0.3, 0.4) is 0 Å². The highest BCUT2D eigenvalue weighted by Crippen LogP contribution is 2.09. The molecule has 1 aromatic carbocycles. The number of hydrogen-bond donors (Lipinski definition) is 1. The molecule has 1 aromatic heterocycles. The first kappa shape index (κ1) is 13.8. The van der Waals surface area contributed by atoms with Crippen molar-refractivity contribution >= 4 is 5.91 Å². The van der Waals surface area contributed by atoms with E-state index in [-0.39, 0.29) is 11.7 Å². The van der Waals surface area contributed by atoms with E-state index in [9.17, 15) is 4.79 Å². The highest BCUT2D eigenvalue weighted by Gasteiger charge is 2.10. The minimum Gasteiger partial charge on any atom is -0.453 e. The number of nitriles is 1. The van der Waals surface area contributed by atoms with Crippen LogP contribution in [-0.4, -0.2) is 13.0 Å². The Balaban J connectivity index is 1.92. The van der Waals surface area contributed by atoms with Crippen LogP contribution < -0.4 is 5.32 Å². The molecule has 0 aliphatic carbocycles. The Bertz CT molecular complexity index is 623. The normalized spacial score (nSPS) is 10.0. The van der Waals surface area contributed by atoms with E-state index in [1.807, 2.05) is 6.07 Å². The molecule has 0 atom stereocenters. The number of nitrogens with zero attached hydrogens (tertiary/aromatic N) is 1. The molecule has 0 fully saturated rings.